The van der Waals surface area contributed by atoms with E-state index in [0.29, 0.717) is 6.54 Å². The zero-order valence-corrected chi connectivity index (χ0v) is 9.70. The van der Waals surface area contributed by atoms with Crippen LogP contribution in [0.5, 0.6) is 0 Å². The summed E-state index contributed by atoms with van der Waals surface area (Å²) in [7, 11) is 0. The van der Waals surface area contributed by atoms with E-state index in [1.54, 1.807) is 6.92 Å². The summed E-state index contributed by atoms with van der Waals surface area (Å²) in [5, 5.41) is 9.59. The second-order valence-corrected chi connectivity index (χ2v) is 5.00. The average Bonchev–Trinajstić information content (AvgIpc) is 2.11. The fourth-order valence-corrected chi connectivity index (χ4v) is 2.15. The molecule has 80 valence electrons. The Balaban J connectivity index is 3.16. The van der Waals surface area contributed by atoms with Crippen molar-refractivity contribution >= 4 is 11.8 Å². The van der Waals surface area contributed by atoms with E-state index in [0.717, 1.165) is 12.2 Å². The van der Waals surface area contributed by atoms with Gasteiger partial charge in [-0.2, -0.15) is 11.8 Å². The molecule has 0 saturated heterocycles. The molecule has 2 nitrogen and oxygen atoms in total. The van der Waals surface area contributed by atoms with Crippen LogP contribution in [0.2, 0.25) is 0 Å². The monoisotopic (exact) mass is 205 g/mol. The van der Waals surface area contributed by atoms with Gasteiger partial charge in [-0.15, -0.1) is 0 Å². The van der Waals surface area contributed by atoms with Crippen molar-refractivity contribution in [2.45, 2.75) is 45.1 Å². The molecule has 13 heavy (non-hydrogen) atoms. The normalized spacial score (nSPS) is 15.7. The topological polar surface area (TPSA) is 46.2 Å². The van der Waals surface area contributed by atoms with Crippen LogP contribution in [0, 0.1) is 0 Å². The van der Waals surface area contributed by atoms with Gasteiger partial charge in [0.05, 0.1) is 5.60 Å². The number of hydrogen-bond acceptors (Lipinski definition) is 3. The number of nitrogens with two attached hydrogens (primary N) is 1. The molecule has 0 aliphatic rings. The van der Waals surface area contributed by atoms with Crippen molar-refractivity contribution in [2.75, 3.05) is 18.1 Å². The van der Waals surface area contributed by atoms with Gasteiger partial charge in [0, 0.05) is 6.54 Å². The number of rotatable bonds is 8. The fraction of sp³-hybridized carbons (Fsp3) is 1.00. The highest BCUT2D eigenvalue weighted by Crippen LogP contribution is 2.14. The van der Waals surface area contributed by atoms with E-state index in [-0.39, 0.29) is 0 Å². The molecule has 0 aliphatic carbocycles. The Morgan fingerprint density at radius 1 is 1.31 bits per heavy atom. The molecule has 0 heterocycles. The number of unbranched alkanes of at least 4 members (excludes halogenated alkanes) is 2. The summed E-state index contributed by atoms with van der Waals surface area (Å²) in [4.78, 5) is 0. The predicted molar refractivity (Wildman–Crippen MR) is 61.1 cm³/mol. The lowest BCUT2D eigenvalue weighted by Crippen LogP contribution is -2.34. The Morgan fingerprint density at radius 3 is 2.54 bits per heavy atom. The molecule has 0 aliphatic heterocycles. The lowest BCUT2D eigenvalue weighted by atomic mass is 10.1. The van der Waals surface area contributed by atoms with Crippen molar-refractivity contribution in [1.29, 1.82) is 0 Å². The second-order valence-electron chi connectivity index (χ2n) is 3.77. The molecule has 1 atom stereocenters. The van der Waals surface area contributed by atoms with Crippen LogP contribution >= 0.6 is 11.8 Å². The van der Waals surface area contributed by atoms with Crippen LogP contribution in [0.25, 0.3) is 0 Å². The number of aliphatic hydroxyl groups is 1. The molecule has 0 bridgehead atoms. The maximum absolute atomic E-state index is 9.59. The third-order valence-electron chi connectivity index (χ3n) is 2.12. The van der Waals surface area contributed by atoms with Crippen molar-refractivity contribution in [3.63, 3.8) is 0 Å². The Hall–Kier alpha value is 0.270. The first-order valence-electron chi connectivity index (χ1n) is 5.12. The summed E-state index contributed by atoms with van der Waals surface area (Å²) in [5.41, 5.74) is 4.75. The van der Waals surface area contributed by atoms with Crippen LogP contribution in [0.15, 0.2) is 0 Å². The molecule has 0 saturated carbocycles. The van der Waals surface area contributed by atoms with Gasteiger partial charge in [0.1, 0.15) is 0 Å². The average molecular weight is 205 g/mol. The van der Waals surface area contributed by atoms with Gasteiger partial charge in [-0.3, -0.25) is 0 Å². The first kappa shape index (κ1) is 13.3. The van der Waals surface area contributed by atoms with E-state index in [4.69, 9.17) is 5.73 Å². The van der Waals surface area contributed by atoms with Crippen molar-refractivity contribution in [2.24, 2.45) is 5.73 Å². The lowest BCUT2D eigenvalue weighted by Gasteiger charge is -2.20. The first-order valence-corrected chi connectivity index (χ1v) is 6.28. The molecule has 3 N–H and O–H groups in total. The highest BCUT2D eigenvalue weighted by molar-refractivity contribution is 7.99. The van der Waals surface area contributed by atoms with Gasteiger partial charge in [-0.05, 0) is 31.3 Å². The van der Waals surface area contributed by atoms with E-state index >= 15 is 0 Å². The molecule has 0 aromatic rings. The maximum atomic E-state index is 9.59. The third kappa shape index (κ3) is 8.60. The van der Waals surface area contributed by atoms with E-state index in [1.807, 2.05) is 11.8 Å². The highest BCUT2D eigenvalue weighted by atomic mass is 32.2. The molecular formula is C10H23NOS. The molecule has 0 spiro atoms. The van der Waals surface area contributed by atoms with Crippen LogP contribution < -0.4 is 5.73 Å². The van der Waals surface area contributed by atoms with E-state index in [1.165, 1.54) is 25.0 Å². The van der Waals surface area contributed by atoms with Crippen molar-refractivity contribution in [3.05, 3.63) is 0 Å². The molecule has 0 amide bonds. The zero-order valence-electron chi connectivity index (χ0n) is 8.88. The van der Waals surface area contributed by atoms with Gasteiger partial charge in [-0.25, -0.2) is 0 Å². The van der Waals surface area contributed by atoms with Crippen LogP contribution in [0.3, 0.4) is 0 Å². The Bertz CT molecular complexity index is 117. The van der Waals surface area contributed by atoms with Gasteiger partial charge in [0.15, 0.2) is 0 Å². The Labute approximate surface area is 86.3 Å². The van der Waals surface area contributed by atoms with Gasteiger partial charge in [0.25, 0.3) is 0 Å². The summed E-state index contributed by atoms with van der Waals surface area (Å²) in [5.74, 6) is 2.24. The largest absolute Gasteiger partial charge is 0.389 e. The molecule has 0 fully saturated rings. The van der Waals surface area contributed by atoms with Crippen LogP contribution in [-0.4, -0.2) is 28.8 Å². The lowest BCUT2D eigenvalue weighted by molar-refractivity contribution is 0.0665. The second kappa shape index (κ2) is 7.65. The molecule has 3 heteroatoms. The van der Waals surface area contributed by atoms with E-state index in [9.17, 15) is 5.11 Å². The Morgan fingerprint density at radius 2 is 2.00 bits per heavy atom. The molecule has 0 rings (SSSR count). The van der Waals surface area contributed by atoms with Gasteiger partial charge < -0.3 is 10.8 Å². The summed E-state index contributed by atoms with van der Waals surface area (Å²) < 4.78 is 0. The summed E-state index contributed by atoms with van der Waals surface area (Å²) in [6.07, 6.45) is 4.70. The third-order valence-corrected chi connectivity index (χ3v) is 3.19. The molecular weight excluding hydrogens is 182 g/mol. The Kier molecular flexibility index (Phi) is 7.81. The smallest absolute Gasteiger partial charge is 0.0749 e. The maximum Gasteiger partial charge on any atom is 0.0749 e. The van der Waals surface area contributed by atoms with Gasteiger partial charge >= 0.3 is 0 Å². The standard InChI is InChI=1S/C10H23NOS/c1-3-4-5-7-13-8-6-10(2,12)9-11/h12H,3-9,11H2,1-2H3. The van der Waals surface area contributed by atoms with Crippen molar-refractivity contribution < 1.29 is 5.11 Å². The highest BCUT2D eigenvalue weighted by Gasteiger charge is 2.16. The summed E-state index contributed by atoms with van der Waals surface area (Å²) in [6, 6.07) is 0. The van der Waals surface area contributed by atoms with Crippen LogP contribution in [0.4, 0.5) is 0 Å². The van der Waals surface area contributed by atoms with Crippen molar-refractivity contribution in [1.82, 2.24) is 0 Å². The minimum Gasteiger partial charge on any atom is -0.389 e. The summed E-state index contributed by atoms with van der Waals surface area (Å²) in [6.45, 7) is 4.38. The van der Waals surface area contributed by atoms with Gasteiger partial charge in [0.2, 0.25) is 0 Å². The first-order chi connectivity index (χ1) is 6.12. The van der Waals surface area contributed by atoms with E-state index < -0.39 is 5.60 Å². The number of hydrogen-bond donors (Lipinski definition) is 2. The molecule has 0 radical (unpaired) electrons. The quantitative estimate of drug-likeness (QED) is 0.596. The minimum absolute atomic E-state index is 0.364. The van der Waals surface area contributed by atoms with Crippen LogP contribution in [0.1, 0.15) is 39.5 Å². The zero-order chi connectivity index (χ0) is 10.2. The predicted octanol–water partition coefficient (Wildman–Crippen LogP) is 2.01. The SMILES string of the molecule is CCCCCSCCC(C)(O)CN. The van der Waals surface area contributed by atoms with Crippen molar-refractivity contribution in [3.8, 4) is 0 Å². The van der Waals surface area contributed by atoms with Crippen LogP contribution in [-0.2, 0) is 0 Å². The molecule has 0 aromatic carbocycles. The molecule has 0 aromatic heterocycles. The molecule has 1 unspecified atom stereocenters. The summed E-state index contributed by atoms with van der Waals surface area (Å²) >= 11 is 1.92. The fourth-order valence-electron chi connectivity index (χ4n) is 0.950. The van der Waals surface area contributed by atoms with E-state index in [2.05, 4.69) is 6.92 Å². The van der Waals surface area contributed by atoms with Gasteiger partial charge in [-0.1, -0.05) is 19.8 Å². The minimum atomic E-state index is -0.655. The number of thioether (sulfide) groups is 1.